The summed E-state index contributed by atoms with van der Waals surface area (Å²) in [5.41, 5.74) is 1.90. The molecule has 0 saturated carbocycles. The third-order valence-corrected chi connectivity index (χ3v) is 4.14. The first-order chi connectivity index (χ1) is 9.83. The van der Waals surface area contributed by atoms with Crippen molar-refractivity contribution in [1.82, 2.24) is 0 Å². The van der Waals surface area contributed by atoms with E-state index in [9.17, 15) is 10.4 Å². The van der Waals surface area contributed by atoms with Crippen molar-refractivity contribution in [3.8, 4) is 6.07 Å². The number of aliphatic hydroxyl groups is 1. The standard InChI is InChI=1S/C17H18N2O/c18-10-14-7-8-17(16-6-2-1-5-15(14)16)19-9-3-4-13(11-19)12-20/h1-2,5-8,13,20H,3-4,9,11-12H2/t13-/m1/s1. The van der Waals surface area contributed by atoms with Crippen molar-refractivity contribution in [2.75, 3.05) is 24.6 Å². The predicted octanol–water partition coefficient (Wildman–Crippen LogP) is 2.92. The van der Waals surface area contributed by atoms with E-state index in [-0.39, 0.29) is 6.61 Å². The van der Waals surface area contributed by atoms with Gasteiger partial charge in [0.1, 0.15) is 0 Å². The molecule has 3 nitrogen and oxygen atoms in total. The molecular formula is C17H18N2O. The number of hydrogen-bond acceptors (Lipinski definition) is 3. The maximum absolute atomic E-state index is 9.38. The lowest BCUT2D eigenvalue weighted by atomic mass is 9.96. The Labute approximate surface area is 119 Å². The van der Waals surface area contributed by atoms with Crippen LogP contribution in [0.5, 0.6) is 0 Å². The first-order valence-corrected chi connectivity index (χ1v) is 7.11. The van der Waals surface area contributed by atoms with E-state index in [1.165, 1.54) is 5.69 Å². The monoisotopic (exact) mass is 266 g/mol. The molecule has 0 bridgehead atoms. The molecule has 2 aromatic rings. The molecule has 1 saturated heterocycles. The lowest BCUT2D eigenvalue weighted by Crippen LogP contribution is -2.36. The number of nitriles is 1. The second-order valence-electron chi connectivity index (χ2n) is 5.43. The zero-order chi connectivity index (χ0) is 13.9. The summed E-state index contributed by atoms with van der Waals surface area (Å²) in [6, 6.07) is 14.3. The van der Waals surface area contributed by atoms with Gasteiger partial charge in [-0.25, -0.2) is 0 Å². The molecule has 1 fully saturated rings. The first kappa shape index (κ1) is 13.0. The number of aliphatic hydroxyl groups excluding tert-OH is 1. The van der Waals surface area contributed by atoms with Crippen LogP contribution < -0.4 is 4.90 Å². The molecule has 0 aliphatic carbocycles. The largest absolute Gasteiger partial charge is 0.396 e. The van der Waals surface area contributed by atoms with Crippen molar-refractivity contribution in [3.63, 3.8) is 0 Å². The van der Waals surface area contributed by atoms with E-state index in [4.69, 9.17) is 0 Å². The van der Waals surface area contributed by atoms with Gasteiger partial charge in [0.25, 0.3) is 0 Å². The van der Waals surface area contributed by atoms with Gasteiger partial charge in [-0.15, -0.1) is 0 Å². The zero-order valence-corrected chi connectivity index (χ0v) is 11.4. The summed E-state index contributed by atoms with van der Waals surface area (Å²) in [7, 11) is 0. The summed E-state index contributed by atoms with van der Waals surface area (Å²) in [5.74, 6) is 0.359. The van der Waals surface area contributed by atoms with Gasteiger partial charge in [-0.3, -0.25) is 0 Å². The van der Waals surface area contributed by atoms with Gasteiger partial charge in [0, 0.05) is 36.2 Å². The Bertz CT molecular complexity index is 660. The number of anilines is 1. The van der Waals surface area contributed by atoms with Gasteiger partial charge in [-0.2, -0.15) is 5.26 Å². The molecule has 1 heterocycles. The number of nitrogens with zero attached hydrogens (tertiary/aromatic N) is 2. The van der Waals surface area contributed by atoms with Crippen LogP contribution in [0.1, 0.15) is 18.4 Å². The van der Waals surface area contributed by atoms with E-state index < -0.39 is 0 Å². The van der Waals surface area contributed by atoms with Crippen LogP contribution in [0.3, 0.4) is 0 Å². The summed E-state index contributed by atoms with van der Waals surface area (Å²) in [6.07, 6.45) is 2.21. The van der Waals surface area contributed by atoms with Gasteiger partial charge in [-0.1, -0.05) is 24.3 Å². The van der Waals surface area contributed by atoms with E-state index >= 15 is 0 Å². The molecule has 3 heteroatoms. The molecule has 0 amide bonds. The molecule has 0 spiro atoms. The molecule has 1 N–H and O–H groups in total. The van der Waals surface area contributed by atoms with Crippen molar-refractivity contribution < 1.29 is 5.11 Å². The van der Waals surface area contributed by atoms with Gasteiger partial charge in [0.15, 0.2) is 0 Å². The molecule has 2 aromatic carbocycles. The normalized spacial score (nSPS) is 19.0. The molecule has 20 heavy (non-hydrogen) atoms. The second-order valence-corrected chi connectivity index (χ2v) is 5.43. The number of piperidine rings is 1. The van der Waals surface area contributed by atoms with Crippen LogP contribution >= 0.6 is 0 Å². The van der Waals surface area contributed by atoms with Gasteiger partial charge in [-0.05, 0) is 30.9 Å². The van der Waals surface area contributed by atoms with Gasteiger partial charge < -0.3 is 10.0 Å². The van der Waals surface area contributed by atoms with Crippen LogP contribution in [0.4, 0.5) is 5.69 Å². The van der Waals surface area contributed by atoms with Crippen molar-refractivity contribution in [2.45, 2.75) is 12.8 Å². The fourth-order valence-electron chi connectivity index (χ4n) is 3.09. The highest BCUT2D eigenvalue weighted by molar-refractivity contribution is 5.97. The average Bonchev–Trinajstić information content (AvgIpc) is 2.54. The Hall–Kier alpha value is -2.05. The van der Waals surface area contributed by atoms with Crippen LogP contribution in [0.2, 0.25) is 0 Å². The highest BCUT2D eigenvalue weighted by Crippen LogP contribution is 2.32. The number of benzene rings is 2. The van der Waals surface area contributed by atoms with E-state index in [2.05, 4.69) is 17.0 Å². The molecule has 1 atom stereocenters. The minimum absolute atomic E-state index is 0.255. The van der Waals surface area contributed by atoms with Crippen LogP contribution in [0.25, 0.3) is 10.8 Å². The maximum atomic E-state index is 9.38. The fraction of sp³-hybridized carbons (Fsp3) is 0.353. The number of hydrogen-bond donors (Lipinski definition) is 1. The molecule has 0 unspecified atom stereocenters. The van der Waals surface area contributed by atoms with E-state index in [1.807, 2.05) is 30.3 Å². The summed E-state index contributed by atoms with van der Waals surface area (Å²) < 4.78 is 0. The lowest BCUT2D eigenvalue weighted by molar-refractivity contribution is 0.209. The first-order valence-electron chi connectivity index (χ1n) is 7.11. The Morgan fingerprint density at radius 3 is 2.75 bits per heavy atom. The van der Waals surface area contributed by atoms with Gasteiger partial charge in [0.05, 0.1) is 11.6 Å². The summed E-state index contributed by atoms with van der Waals surface area (Å²) in [5, 5.41) is 20.7. The molecular weight excluding hydrogens is 248 g/mol. The average molecular weight is 266 g/mol. The predicted molar refractivity (Wildman–Crippen MR) is 80.7 cm³/mol. The SMILES string of the molecule is N#Cc1ccc(N2CCC[C@@H](CO)C2)c2ccccc12. The molecule has 0 radical (unpaired) electrons. The lowest BCUT2D eigenvalue weighted by Gasteiger charge is -2.34. The van der Waals surface area contributed by atoms with Crippen LogP contribution in [0.15, 0.2) is 36.4 Å². The topological polar surface area (TPSA) is 47.3 Å². The molecule has 3 rings (SSSR count). The van der Waals surface area contributed by atoms with Crippen molar-refractivity contribution in [3.05, 3.63) is 42.0 Å². The number of rotatable bonds is 2. The van der Waals surface area contributed by atoms with Gasteiger partial charge >= 0.3 is 0 Å². The Morgan fingerprint density at radius 2 is 2.00 bits per heavy atom. The van der Waals surface area contributed by atoms with Crippen LogP contribution in [-0.2, 0) is 0 Å². The van der Waals surface area contributed by atoms with E-state index in [0.717, 1.165) is 42.3 Å². The third-order valence-electron chi connectivity index (χ3n) is 4.14. The quantitative estimate of drug-likeness (QED) is 0.909. The molecule has 0 aromatic heterocycles. The Morgan fingerprint density at radius 1 is 1.20 bits per heavy atom. The van der Waals surface area contributed by atoms with Crippen LogP contribution in [-0.4, -0.2) is 24.8 Å². The Balaban J connectivity index is 2.06. The minimum atomic E-state index is 0.255. The fourth-order valence-corrected chi connectivity index (χ4v) is 3.09. The summed E-state index contributed by atoms with van der Waals surface area (Å²) >= 11 is 0. The highest BCUT2D eigenvalue weighted by Gasteiger charge is 2.21. The summed E-state index contributed by atoms with van der Waals surface area (Å²) in [4.78, 5) is 2.34. The van der Waals surface area contributed by atoms with E-state index in [1.54, 1.807) is 0 Å². The highest BCUT2D eigenvalue weighted by atomic mass is 16.3. The third kappa shape index (κ3) is 2.23. The molecule has 1 aliphatic rings. The smallest absolute Gasteiger partial charge is 0.0998 e. The van der Waals surface area contributed by atoms with E-state index in [0.29, 0.717) is 5.92 Å². The second kappa shape index (κ2) is 5.52. The maximum Gasteiger partial charge on any atom is 0.0998 e. The van der Waals surface area contributed by atoms with Crippen molar-refractivity contribution in [1.29, 1.82) is 5.26 Å². The Kier molecular flexibility index (Phi) is 3.58. The number of fused-ring (bicyclic) bond motifs is 1. The van der Waals surface area contributed by atoms with Gasteiger partial charge in [0.2, 0.25) is 0 Å². The van der Waals surface area contributed by atoms with Crippen LogP contribution in [0, 0.1) is 17.2 Å². The molecule has 1 aliphatic heterocycles. The molecule has 102 valence electrons. The van der Waals surface area contributed by atoms with Crippen molar-refractivity contribution >= 4 is 16.5 Å². The summed E-state index contributed by atoms with van der Waals surface area (Å²) in [6.45, 7) is 2.17. The zero-order valence-electron chi connectivity index (χ0n) is 11.4. The van der Waals surface area contributed by atoms with Crippen molar-refractivity contribution in [2.24, 2.45) is 5.92 Å². The minimum Gasteiger partial charge on any atom is -0.396 e.